The molecule has 0 bridgehead atoms. The summed E-state index contributed by atoms with van der Waals surface area (Å²) in [5.41, 5.74) is 1.16. The van der Waals surface area contributed by atoms with Crippen LogP contribution in [-0.4, -0.2) is 42.7 Å². The number of likely N-dealkylation sites (tertiary alicyclic amines) is 1. The molecule has 8 nitrogen and oxygen atoms in total. The Morgan fingerprint density at radius 3 is 2.97 bits per heavy atom. The molecular weight excluding hydrogens is 426 g/mol. The molecule has 0 unspecified atom stereocenters. The summed E-state index contributed by atoms with van der Waals surface area (Å²) in [7, 11) is -3.74. The Labute approximate surface area is 176 Å². The van der Waals surface area contributed by atoms with Crippen LogP contribution >= 0.6 is 11.3 Å². The Bertz CT molecular complexity index is 1230. The van der Waals surface area contributed by atoms with Crippen molar-refractivity contribution < 1.29 is 22.4 Å². The van der Waals surface area contributed by atoms with E-state index in [4.69, 9.17) is 9.15 Å². The number of benzene rings is 1. The number of nitrogens with zero attached hydrogens (tertiary/aromatic N) is 3. The molecule has 0 aliphatic carbocycles. The number of sulfonamides is 1. The lowest BCUT2D eigenvalue weighted by molar-refractivity contribution is -0.149. The zero-order chi connectivity index (χ0) is 20.7. The highest BCUT2D eigenvalue weighted by Gasteiger charge is 2.39. The van der Waals surface area contributed by atoms with Gasteiger partial charge in [-0.25, -0.2) is 9.78 Å². The van der Waals surface area contributed by atoms with Crippen molar-refractivity contribution in [2.24, 2.45) is 4.40 Å². The van der Waals surface area contributed by atoms with Crippen LogP contribution < -0.4 is 0 Å². The molecule has 4 heterocycles. The first-order valence-electron chi connectivity index (χ1n) is 9.39. The number of amidine groups is 1. The molecule has 2 aromatic heterocycles. The molecule has 10 heteroatoms. The van der Waals surface area contributed by atoms with Crippen LogP contribution in [0, 0.1) is 0 Å². The minimum Gasteiger partial charge on any atom is -0.462 e. The molecular formula is C20H17N3O5S2. The van der Waals surface area contributed by atoms with Crippen molar-refractivity contribution >= 4 is 33.2 Å². The van der Waals surface area contributed by atoms with E-state index in [9.17, 15) is 13.2 Å². The maximum absolute atomic E-state index is 12.8. The molecule has 1 aromatic carbocycles. The van der Waals surface area contributed by atoms with Gasteiger partial charge >= 0.3 is 5.97 Å². The van der Waals surface area contributed by atoms with Gasteiger partial charge in [-0.3, -0.25) is 0 Å². The number of ether oxygens (including phenoxy) is 1. The second kappa shape index (κ2) is 7.37. The molecule has 2 aliphatic rings. The molecule has 0 saturated carbocycles. The van der Waals surface area contributed by atoms with Gasteiger partial charge in [0.05, 0.1) is 12.0 Å². The highest BCUT2D eigenvalue weighted by atomic mass is 32.2. The highest BCUT2D eigenvalue weighted by molar-refractivity contribution is 7.90. The molecule has 3 aromatic rings. The fourth-order valence-electron chi connectivity index (χ4n) is 3.69. The number of aromatic nitrogens is 1. The van der Waals surface area contributed by atoms with E-state index in [0.29, 0.717) is 35.8 Å². The van der Waals surface area contributed by atoms with Gasteiger partial charge in [-0.2, -0.15) is 8.42 Å². The molecule has 0 radical (unpaired) electrons. The molecule has 2 aliphatic heterocycles. The monoisotopic (exact) mass is 443 g/mol. The van der Waals surface area contributed by atoms with Crippen LogP contribution in [0.3, 0.4) is 0 Å². The minimum absolute atomic E-state index is 0.0434. The molecule has 154 valence electrons. The highest BCUT2D eigenvalue weighted by Crippen LogP contribution is 2.31. The van der Waals surface area contributed by atoms with Gasteiger partial charge in [0.1, 0.15) is 17.5 Å². The Balaban J connectivity index is 1.31. The van der Waals surface area contributed by atoms with Crippen molar-refractivity contribution in [1.29, 1.82) is 0 Å². The third-order valence-corrected chi connectivity index (χ3v) is 7.29. The van der Waals surface area contributed by atoms with E-state index in [-0.39, 0.29) is 11.5 Å². The molecule has 0 N–H and O–H groups in total. The van der Waals surface area contributed by atoms with E-state index in [1.54, 1.807) is 35.4 Å². The molecule has 5 rings (SSSR count). The Morgan fingerprint density at radius 1 is 1.27 bits per heavy atom. The molecule has 1 atom stereocenters. The standard InChI is InChI=1S/C20H17N3O5S2/c24-20(28-11-13-12-29-19(21-13)16-7-4-10-27-16)15-6-3-9-23(15)18-14-5-1-2-8-17(14)30(25,26)22-18/h1-2,4-5,7-8,10,12,15H,3,6,9,11H2/t15-/m0/s1. The normalized spacial score (nSPS) is 19.5. The van der Waals surface area contributed by atoms with Crippen LogP contribution in [0.5, 0.6) is 0 Å². The number of thiazole rings is 1. The zero-order valence-corrected chi connectivity index (χ0v) is 17.4. The number of carbonyl (C=O) groups excluding carboxylic acids is 1. The predicted octanol–water partition coefficient (Wildman–Crippen LogP) is 3.06. The maximum Gasteiger partial charge on any atom is 0.329 e. The first kappa shape index (κ1) is 19.0. The second-order valence-electron chi connectivity index (χ2n) is 6.97. The third-order valence-electron chi connectivity index (χ3n) is 5.06. The van der Waals surface area contributed by atoms with Crippen LogP contribution in [0.15, 0.2) is 61.8 Å². The predicted molar refractivity (Wildman–Crippen MR) is 110 cm³/mol. The van der Waals surface area contributed by atoms with Gasteiger partial charge in [0.2, 0.25) is 0 Å². The fourth-order valence-corrected chi connectivity index (χ4v) is 5.68. The SMILES string of the molecule is O=C(OCc1csc(-c2ccco2)n1)[C@@H]1CCCN1C1=NS(=O)(=O)c2ccccc21. The summed E-state index contributed by atoms with van der Waals surface area (Å²) in [5, 5.41) is 2.54. The van der Waals surface area contributed by atoms with E-state index in [1.165, 1.54) is 17.4 Å². The Kier molecular flexibility index (Phi) is 4.67. The van der Waals surface area contributed by atoms with Crippen molar-refractivity contribution in [3.05, 3.63) is 59.3 Å². The molecule has 1 fully saturated rings. The fraction of sp³-hybridized carbons (Fsp3) is 0.250. The van der Waals surface area contributed by atoms with Crippen LogP contribution in [0.25, 0.3) is 10.8 Å². The summed E-state index contributed by atoms with van der Waals surface area (Å²) < 4.78 is 39.5. The summed E-state index contributed by atoms with van der Waals surface area (Å²) in [6.07, 6.45) is 2.91. The largest absolute Gasteiger partial charge is 0.462 e. The van der Waals surface area contributed by atoms with Gasteiger partial charge in [0.25, 0.3) is 10.0 Å². The lowest BCUT2D eigenvalue weighted by atomic mass is 10.1. The number of rotatable bonds is 4. The van der Waals surface area contributed by atoms with E-state index < -0.39 is 22.0 Å². The van der Waals surface area contributed by atoms with E-state index in [0.717, 1.165) is 11.4 Å². The number of esters is 1. The van der Waals surface area contributed by atoms with Crippen molar-refractivity contribution in [3.8, 4) is 10.8 Å². The quantitative estimate of drug-likeness (QED) is 0.571. The third kappa shape index (κ3) is 3.31. The minimum atomic E-state index is -3.74. The lowest BCUT2D eigenvalue weighted by Crippen LogP contribution is -2.41. The molecule has 0 amide bonds. The topological polar surface area (TPSA) is 102 Å². The van der Waals surface area contributed by atoms with Gasteiger partial charge in [-0.1, -0.05) is 12.1 Å². The molecule has 0 spiro atoms. The smallest absolute Gasteiger partial charge is 0.329 e. The zero-order valence-electron chi connectivity index (χ0n) is 15.7. The summed E-state index contributed by atoms with van der Waals surface area (Å²) in [6.45, 7) is 0.587. The maximum atomic E-state index is 12.8. The average molecular weight is 444 g/mol. The molecule has 30 heavy (non-hydrogen) atoms. The van der Waals surface area contributed by atoms with Crippen LogP contribution in [0.1, 0.15) is 24.1 Å². The number of fused-ring (bicyclic) bond motifs is 1. The van der Waals surface area contributed by atoms with Crippen molar-refractivity contribution in [1.82, 2.24) is 9.88 Å². The lowest BCUT2D eigenvalue weighted by Gasteiger charge is -2.24. The van der Waals surface area contributed by atoms with Gasteiger partial charge in [-0.15, -0.1) is 15.7 Å². The first-order valence-corrected chi connectivity index (χ1v) is 11.7. The van der Waals surface area contributed by atoms with Crippen LogP contribution in [0.2, 0.25) is 0 Å². The van der Waals surface area contributed by atoms with Crippen LogP contribution in [-0.2, 0) is 26.2 Å². The van der Waals surface area contributed by atoms with Gasteiger partial charge in [-0.05, 0) is 37.1 Å². The summed E-state index contributed by atoms with van der Waals surface area (Å²) in [5.74, 6) is 0.571. The average Bonchev–Trinajstić information content (AvgIpc) is 3.52. The second-order valence-corrected chi connectivity index (χ2v) is 9.40. The van der Waals surface area contributed by atoms with E-state index in [1.807, 2.05) is 11.4 Å². The van der Waals surface area contributed by atoms with E-state index in [2.05, 4.69) is 9.38 Å². The molecule has 1 saturated heterocycles. The number of furan rings is 1. The van der Waals surface area contributed by atoms with E-state index >= 15 is 0 Å². The Hall–Kier alpha value is -2.98. The first-order chi connectivity index (χ1) is 14.5. The number of hydrogen-bond acceptors (Lipinski definition) is 8. The van der Waals surface area contributed by atoms with Crippen molar-refractivity contribution in [2.75, 3.05) is 6.54 Å². The summed E-state index contributed by atoms with van der Waals surface area (Å²) >= 11 is 1.41. The summed E-state index contributed by atoms with van der Waals surface area (Å²) in [4.78, 5) is 19.1. The van der Waals surface area contributed by atoms with Gasteiger partial charge in [0, 0.05) is 17.5 Å². The number of carbonyl (C=O) groups is 1. The number of hydrogen-bond donors (Lipinski definition) is 0. The van der Waals surface area contributed by atoms with Gasteiger partial charge < -0.3 is 14.1 Å². The van der Waals surface area contributed by atoms with Crippen LogP contribution in [0.4, 0.5) is 0 Å². The summed E-state index contributed by atoms with van der Waals surface area (Å²) in [6, 6.07) is 9.70. The Morgan fingerprint density at radius 2 is 2.13 bits per heavy atom. The van der Waals surface area contributed by atoms with Gasteiger partial charge in [0.15, 0.2) is 16.6 Å². The van der Waals surface area contributed by atoms with Crippen molar-refractivity contribution in [3.63, 3.8) is 0 Å². The van der Waals surface area contributed by atoms with Crippen molar-refractivity contribution in [2.45, 2.75) is 30.4 Å².